The third kappa shape index (κ3) is 2.57. The number of ether oxygens (including phenoxy) is 1. The highest BCUT2D eigenvalue weighted by Crippen LogP contribution is 2.41. The summed E-state index contributed by atoms with van der Waals surface area (Å²) >= 11 is 1.49. The van der Waals surface area contributed by atoms with Gasteiger partial charge in [0.15, 0.2) is 0 Å². The maximum Gasteiger partial charge on any atom is 0.411 e. The molecular weight excluding hydrogens is 286 g/mol. The van der Waals surface area contributed by atoms with Crippen molar-refractivity contribution in [3.63, 3.8) is 0 Å². The van der Waals surface area contributed by atoms with Crippen molar-refractivity contribution in [2.45, 2.75) is 9.79 Å². The Hall–Kier alpha value is -2.47. The molecule has 0 aliphatic heterocycles. The van der Waals surface area contributed by atoms with E-state index < -0.39 is 6.09 Å². The molecule has 2 N–H and O–H groups in total. The fourth-order valence-electron chi connectivity index (χ4n) is 2.11. The van der Waals surface area contributed by atoms with Gasteiger partial charge in [0.1, 0.15) is 10.4 Å². The lowest BCUT2D eigenvalue weighted by atomic mass is 10.4. The Balaban J connectivity index is 2.16. The second kappa shape index (κ2) is 5.49. The highest BCUT2D eigenvalue weighted by Gasteiger charge is 2.20. The number of primary amides is 1. The third-order valence-electron chi connectivity index (χ3n) is 3.02. The Morgan fingerprint density at radius 3 is 2.71 bits per heavy atom. The molecule has 0 unspecified atom stereocenters. The Kier molecular flexibility index (Phi) is 3.53. The van der Waals surface area contributed by atoms with Crippen LogP contribution in [0.15, 0.2) is 58.5 Å². The smallest absolute Gasteiger partial charge is 0.392 e. The molecule has 5 nitrogen and oxygen atoms in total. The Labute approximate surface area is 125 Å². The Morgan fingerprint density at radius 1 is 1.24 bits per heavy atom. The van der Waals surface area contributed by atoms with Crippen molar-refractivity contribution < 1.29 is 9.53 Å². The van der Waals surface area contributed by atoms with Crippen LogP contribution >= 0.6 is 11.8 Å². The van der Waals surface area contributed by atoms with Crippen LogP contribution in [0, 0.1) is 0 Å². The van der Waals surface area contributed by atoms with Crippen LogP contribution in [0.4, 0.5) is 4.79 Å². The molecule has 2 aromatic heterocycles. The number of benzene rings is 1. The molecule has 0 aliphatic carbocycles. The summed E-state index contributed by atoms with van der Waals surface area (Å²) in [6.45, 7) is 0. The van der Waals surface area contributed by atoms with Crippen LogP contribution < -0.4 is 10.5 Å². The van der Waals surface area contributed by atoms with E-state index >= 15 is 0 Å². The van der Waals surface area contributed by atoms with E-state index in [2.05, 4.69) is 4.98 Å². The SMILES string of the molecule is Cn1c(OC(N)=O)c(Sc2ccccc2)c2ncccc21. The molecule has 21 heavy (non-hydrogen) atoms. The van der Waals surface area contributed by atoms with Crippen molar-refractivity contribution >= 4 is 28.9 Å². The van der Waals surface area contributed by atoms with Crippen LogP contribution in [0.25, 0.3) is 11.0 Å². The first-order chi connectivity index (χ1) is 10.2. The van der Waals surface area contributed by atoms with Crippen LogP contribution in [0.5, 0.6) is 5.88 Å². The third-order valence-corrected chi connectivity index (χ3v) is 4.10. The molecular formula is C15H13N3O2S. The van der Waals surface area contributed by atoms with Crippen molar-refractivity contribution in [2.75, 3.05) is 0 Å². The van der Waals surface area contributed by atoms with E-state index in [9.17, 15) is 4.79 Å². The van der Waals surface area contributed by atoms with Gasteiger partial charge in [-0.05, 0) is 24.3 Å². The lowest BCUT2D eigenvalue weighted by Gasteiger charge is -2.06. The molecule has 1 aromatic carbocycles. The van der Waals surface area contributed by atoms with Gasteiger partial charge >= 0.3 is 6.09 Å². The fourth-order valence-corrected chi connectivity index (χ4v) is 3.16. The van der Waals surface area contributed by atoms with Gasteiger partial charge < -0.3 is 15.0 Å². The topological polar surface area (TPSA) is 70.1 Å². The number of amides is 1. The number of nitrogens with two attached hydrogens (primary N) is 1. The van der Waals surface area contributed by atoms with Gasteiger partial charge in [-0.1, -0.05) is 30.0 Å². The van der Waals surface area contributed by atoms with Crippen molar-refractivity contribution in [3.05, 3.63) is 48.7 Å². The van der Waals surface area contributed by atoms with Crippen molar-refractivity contribution in [3.8, 4) is 5.88 Å². The van der Waals surface area contributed by atoms with Gasteiger partial charge in [0.2, 0.25) is 5.88 Å². The molecule has 0 bridgehead atoms. The van der Waals surface area contributed by atoms with Crippen LogP contribution in [0.1, 0.15) is 0 Å². The van der Waals surface area contributed by atoms with Crippen molar-refractivity contribution in [1.29, 1.82) is 0 Å². The Bertz CT molecular complexity index is 799. The zero-order chi connectivity index (χ0) is 14.8. The molecule has 0 radical (unpaired) electrons. The second-order valence-electron chi connectivity index (χ2n) is 4.40. The molecule has 106 valence electrons. The number of hydrogen-bond donors (Lipinski definition) is 1. The molecule has 0 atom stereocenters. The minimum Gasteiger partial charge on any atom is -0.392 e. The first kappa shape index (κ1) is 13.5. The normalized spacial score (nSPS) is 10.7. The van der Waals surface area contributed by atoms with E-state index in [1.807, 2.05) is 49.5 Å². The minimum absolute atomic E-state index is 0.407. The minimum atomic E-state index is -0.837. The second-order valence-corrected chi connectivity index (χ2v) is 5.48. The van der Waals surface area contributed by atoms with E-state index in [0.29, 0.717) is 5.88 Å². The summed E-state index contributed by atoms with van der Waals surface area (Å²) in [4.78, 5) is 17.4. The molecule has 0 saturated carbocycles. The van der Waals surface area contributed by atoms with Crippen molar-refractivity contribution in [2.24, 2.45) is 12.8 Å². The summed E-state index contributed by atoms with van der Waals surface area (Å²) in [5, 5.41) is 0. The number of pyridine rings is 1. The molecule has 0 spiro atoms. The van der Waals surface area contributed by atoms with Gasteiger partial charge in [0.05, 0.1) is 5.52 Å². The molecule has 1 amide bonds. The number of aryl methyl sites for hydroxylation is 1. The fraction of sp³-hybridized carbons (Fsp3) is 0.0667. The molecule has 0 saturated heterocycles. The van der Waals surface area contributed by atoms with Gasteiger partial charge in [-0.15, -0.1) is 0 Å². The molecule has 0 fully saturated rings. The van der Waals surface area contributed by atoms with E-state index in [1.54, 1.807) is 10.8 Å². The average molecular weight is 299 g/mol. The van der Waals surface area contributed by atoms with Crippen LogP contribution in [-0.2, 0) is 7.05 Å². The van der Waals surface area contributed by atoms with Crippen LogP contribution in [-0.4, -0.2) is 15.6 Å². The number of carbonyl (C=O) groups is 1. The van der Waals surface area contributed by atoms with Crippen LogP contribution in [0.3, 0.4) is 0 Å². The number of aromatic nitrogens is 2. The van der Waals surface area contributed by atoms with Gasteiger partial charge in [0.25, 0.3) is 0 Å². The van der Waals surface area contributed by atoms with Gasteiger partial charge in [-0.25, -0.2) is 4.79 Å². The number of fused-ring (bicyclic) bond motifs is 1. The zero-order valence-corrected chi connectivity index (χ0v) is 12.1. The Morgan fingerprint density at radius 2 is 2.00 bits per heavy atom. The summed E-state index contributed by atoms with van der Waals surface area (Å²) in [6, 6.07) is 13.6. The number of rotatable bonds is 3. The number of hydrogen-bond acceptors (Lipinski definition) is 4. The zero-order valence-electron chi connectivity index (χ0n) is 11.3. The average Bonchev–Trinajstić information content (AvgIpc) is 2.74. The quantitative estimate of drug-likeness (QED) is 0.806. The number of nitrogens with zero attached hydrogens (tertiary/aromatic N) is 2. The van der Waals surface area contributed by atoms with Gasteiger partial charge in [-0.3, -0.25) is 4.98 Å². The van der Waals surface area contributed by atoms with Gasteiger partial charge in [0, 0.05) is 18.1 Å². The standard InChI is InChI=1S/C15H13N3O2S/c1-18-11-8-5-9-17-12(11)13(14(18)20-15(16)19)21-10-6-3-2-4-7-10/h2-9H,1H3,(H2,16,19). The summed E-state index contributed by atoms with van der Waals surface area (Å²) in [5.41, 5.74) is 6.84. The predicted octanol–water partition coefficient (Wildman–Crippen LogP) is 3.18. The summed E-state index contributed by atoms with van der Waals surface area (Å²) in [7, 11) is 1.82. The summed E-state index contributed by atoms with van der Waals surface area (Å²) in [5.74, 6) is 0.407. The lowest BCUT2D eigenvalue weighted by molar-refractivity contribution is 0.206. The molecule has 2 heterocycles. The molecule has 3 aromatic rings. The maximum absolute atomic E-state index is 11.2. The monoisotopic (exact) mass is 299 g/mol. The van der Waals surface area contributed by atoms with E-state index in [-0.39, 0.29) is 0 Å². The first-order valence-corrected chi connectivity index (χ1v) is 7.12. The van der Waals surface area contributed by atoms with E-state index in [1.165, 1.54) is 11.8 Å². The van der Waals surface area contributed by atoms with Gasteiger partial charge in [-0.2, -0.15) is 0 Å². The van der Waals surface area contributed by atoms with E-state index in [4.69, 9.17) is 10.5 Å². The lowest BCUT2D eigenvalue weighted by Crippen LogP contribution is -2.18. The summed E-state index contributed by atoms with van der Waals surface area (Å²) in [6.07, 6.45) is 0.877. The van der Waals surface area contributed by atoms with Crippen LogP contribution in [0.2, 0.25) is 0 Å². The molecule has 3 rings (SSSR count). The van der Waals surface area contributed by atoms with E-state index in [0.717, 1.165) is 20.8 Å². The summed E-state index contributed by atoms with van der Waals surface area (Å²) < 4.78 is 6.95. The largest absolute Gasteiger partial charge is 0.411 e. The first-order valence-electron chi connectivity index (χ1n) is 6.30. The highest BCUT2D eigenvalue weighted by atomic mass is 32.2. The molecule has 6 heteroatoms. The van der Waals surface area contributed by atoms with Crippen molar-refractivity contribution in [1.82, 2.24) is 9.55 Å². The molecule has 0 aliphatic rings. The number of carbonyl (C=O) groups excluding carboxylic acids is 1. The predicted molar refractivity (Wildman–Crippen MR) is 81.5 cm³/mol. The maximum atomic E-state index is 11.2. The highest BCUT2D eigenvalue weighted by molar-refractivity contribution is 7.99.